The fourth-order valence-electron chi connectivity index (χ4n) is 5.95. The van der Waals surface area contributed by atoms with Crippen molar-refractivity contribution in [2.45, 2.75) is 17.9 Å². The van der Waals surface area contributed by atoms with E-state index in [4.69, 9.17) is 26.1 Å². The molecule has 0 unspecified atom stereocenters. The second kappa shape index (κ2) is 11.0. The summed E-state index contributed by atoms with van der Waals surface area (Å²) in [4.78, 5) is 4.95. The van der Waals surface area contributed by atoms with Crippen LogP contribution in [0.15, 0.2) is 97.1 Å². The highest BCUT2D eigenvalue weighted by molar-refractivity contribution is 6.31. The van der Waals surface area contributed by atoms with Gasteiger partial charge in [0.1, 0.15) is 5.60 Å². The first kappa shape index (κ1) is 27.8. The van der Waals surface area contributed by atoms with Crippen molar-refractivity contribution in [3.63, 3.8) is 0 Å². The number of hydrogen-bond donors (Lipinski definition) is 0. The SMILES string of the molecule is COc1nc2ccc(Cl)cc2cc1[C@@H](c1ccccc1)[C@]1(c2cccc3ccccc23)CC[N+](C)(C)CO1.[I-]. The number of ether oxygens (including phenoxy) is 2. The van der Waals surface area contributed by atoms with Crippen LogP contribution in [0.4, 0.5) is 0 Å². The van der Waals surface area contributed by atoms with Crippen LogP contribution in [0.25, 0.3) is 21.7 Å². The molecule has 0 radical (unpaired) electrons. The van der Waals surface area contributed by atoms with E-state index in [1.54, 1.807) is 7.11 Å². The summed E-state index contributed by atoms with van der Waals surface area (Å²) < 4.78 is 13.9. The Bertz CT molecular complexity index is 1610. The number of aromatic nitrogens is 1. The minimum absolute atomic E-state index is 0. The lowest BCUT2D eigenvalue weighted by molar-refractivity contribution is -0.922. The van der Waals surface area contributed by atoms with Crippen molar-refractivity contribution >= 4 is 33.3 Å². The van der Waals surface area contributed by atoms with Gasteiger partial charge in [0.2, 0.25) is 5.88 Å². The largest absolute Gasteiger partial charge is 1.00 e. The molecule has 0 saturated carbocycles. The predicted molar refractivity (Wildman–Crippen MR) is 155 cm³/mol. The standard InChI is InChI=1S/C33H32ClN2O2.HI/c1-36(2)19-18-33(38-22-36,29-15-9-13-23-10-7-8-14-27(23)29)31(24-11-5-4-6-12-24)28-21-25-20-26(34)16-17-30(25)35-32(28)37-3;/h4-17,20-21,31H,18-19,22H2,1-3H3;1H/q+1;/p-1/t31-,33-;/m1./s1. The van der Waals surface area contributed by atoms with Crippen molar-refractivity contribution in [2.24, 2.45) is 0 Å². The maximum absolute atomic E-state index is 7.14. The number of halogens is 2. The van der Waals surface area contributed by atoms with Crippen molar-refractivity contribution < 1.29 is 37.9 Å². The van der Waals surface area contributed by atoms with E-state index in [1.165, 1.54) is 16.3 Å². The van der Waals surface area contributed by atoms with E-state index in [2.05, 4.69) is 93.0 Å². The Morgan fingerprint density at radius 3 is 2.38 bits per heavy atom. The summed E-state index contributed by atoms with van der Waals surface area (Å²) in [6.45, 7) is 1.57. The molecular formula is C33H32ClIN2O2. The first-order valence-corrected chi connectivity index (χ1v) is 13.4. The number of benzene rings is 4. The van der Waals surface area contributed by atoms with Gasteiger partial charge in [-0.3, -0.25) is 0 Å². The third kappa shape index (κ3) is 5.13. The molecule has 2 atom stereocenters. The molecule has 0 N–H and O–H groups in total. The van der Waals surface area contributed by atoms with Crippen LogP contribution in [0.3, 0.4) is 0 Å². The van der Waals surface area contributed by atoms with Crippen LogP contribution in [-0.2, 0) is 10.3 Å². The van der Waals surface area contributed by atoms with Gasteiger partial charge in [-0.1, -0.05) is 84.4 Å². The second-order valence-electron chi connectivity index (χ2n) is 10.9. The summed E-state index contributed by atoms with van der Waals surface area (Å²) in [7, 11) is 6.15. The van der Waals surface area contributed by atoms with Gasteiger partial charge in [-0.15, -0.1) is 0 Å². The molecular weight excluding hydrogens is 619 g/mol. The molecule has 4 nitrogen and oxygen atoms in total. The lowest BCUT2D eigenvalue weighted by atomic mass is 9.70. The Balaban J connectivity index is 0.00000308. The van der Waals surface area contributed by atoms with Crippen LogP contribution in [0.5, 0.6) is 5.88 Å². The van der Waals surface area contributed by atoms with Crippen molar-refractivity contribution in [1.82, 2.24) is 4.98 Å². The summed E-state index contributed by atoms with van der Waals surface area (Å²) in [6, 6.07) is 33.8. The molecule has 1 fully saturated rings. The number of methoxy groups -OCH3 is 1. The fourth-order valence-corrected chi connectivity index (χ4v) is 6.13. The number of hydrogen-bond acceptors (Lipinski definition) is 3. The van der Waals surface area contributed by atoms with Gasteiger partial charge in [0.15, 0.2) is 6.73 Å². The Labute approximate surface area is 252 Å². The molecule has 1 aliphatic rings. The van der Waals surface area contributed by atoms with E-state index in [0.29, 0.717) is 17.6 Å². The normalized spacial score (nSPS) is 19.4. The zero-order chi connectivity index (χ0) is 26.3. The van der Waals surface area contributed by atoms with Gasteiger partial charge in [0.05, 0.1) is 33.3 Å². The molecule has 1 saturated heterocycles. The maximum atomic E-state index is 7.14. The highest BCUT2D eigenvalue weighted by Gasteiger charge is 2.50. The average molecular weight is 651 g/mol. The molecule has 39 heavy (non-hydrogen) atoms. The minimum atomic E-state index is -0.642. The fraction of sp³-hybridized carbons (Fsp3) is 0.242. The average Bonchev–Trinajstić information content (AvgIpc) is 2.94. The van der Waals surface area contributed by atoms with Crippen LogP contribution in [-0.4, -0.2) is 43.9 Å². The Kier molecular flexibility index (Phi) is 7.89. The van der Waals surface area contributed by atoms with Gasteiger partial charge >= 0.3 is 0 Å². The van der Waals surface area contributed by atoms with Crippen molar-refractivity contribution in [3.05, 3.63) is 119 Å². The van der Waals surface area contributed by atoms with Crippen LogP contribution in [0.2, 0.25) is 5.02 Å². The topological polar surface area (TPSA) is 31.4 Å². The zero-order valence-electron chi connectivity index (χ0n) is 22.4. The molecule has 0 spiro atoms. The predicted octanol–water partition coefficient (Wildman–Crippen LogP) is 4.54. The number of fused-ring (bicyclic) bond motifs is 2. The van der Waals surface area contributed by atoms with E-state index in [1.807, 2.05) is 18.2 Å². The summed E-state index contributed by atoms with van der Waals surface area (Å²) in [5.74, 6) is 0.442. The van der Waals surface area contributed by atoms with Gasteiger partial charge in [0.25, 0.3) is 0 Å². The summed E-state index contributed by atoms with van der Waals surface area (Å²) in [6.07, 6.45) is 0.838. The molecule has 0 aliphatic carbocycles. The third-order valence-electron chi connectivity index (χ3n) is 7.88. The smallest absolute Gasteiger partial charge is 0.217 e. The molecule has 0 bridgehead atoms. The molecule has 200 valence electrons. The van der Waals surface area contributed by atoms with Gasteiger partial charge in [0, 0.05) is 28.3 Å². The third-order valence-corrected chi connectivity index (χ3v) is 8.11. The zero-order valence-corrected chi connectivity index (χ0v) is 25.3. The molecule has 6 rings (SSSR count). The number of quaternary nitrogens is 1. The van der Waals surface area contributed by atoms with Gasteiger partial charge < -0.3 is 37.9 Å². The summed E-state index contributed by atoms with van der Waals surface area (Å²) in [5.41, 5.74) is 3.56. The highest BCUT2D eigenvalue weighted by Crippen LogP contribution is 2.52. The summed E-state index contributed by atoms with van der Waals surface area (Å²) >= 11 is 6.42. The number of pyridine rings is 1. The van der Waals surface area contributed by atoms with E-state index in [0.717, 1.165) is 39.5 Å². The van der Waals surface area contributed by atoms with Gasteiger partial charge in [-0.25, -0.2) is 4.98 Å². The van der Waals surface area contributed by atoms with Gasteiger partial charge in [-0.05, 0) is 46.2 Å². The lowest BCUT2D eigenvalue weighted by Gasteiger charge is -2.49. The van der Waals surface area contributed by atoms with Crippen molar-refractivity contribution in [1.29, 1.82) is 0 Å². The molecule has 4 aromatic carbocycles. The van der Waals surface area contributed by atoms with Crippen LogP contribution < -0.4 is 28.7 Å². The van der Waals surface area contributed by atoms with E-state index >= 15 is 0 Å². The maximum Gasteiger partial charge on any atom is 0.217 e. The van der Waals surface area contributed by atoms with Gasteiger partial charge in [-0.2, -0.15) is 0 Å². The van der Waals surface area contributed by atoms with E-state index in [-0.39, 0.29) is 29.9 Å². The summed E-state index contributed by atoms with van der Waals surface area (Å²) in [5, 5.41) is 4.08. The first-order chi connectivity index (χ1) is 18.4. The molecule has 5 aromatic rings. The van der Waals surface area contributed by atoms with E-state index in [9.17, 15) is 0 Å². The van der Waals surface area contributed by atoms with Crippen molar-refractivity contribution in [3.8, 4) is 5.88 Å². The minimum Gasteiger partial charge on any atom is -1.00 e. The molecule has 2 heterocycles. The van der Waals surface area contributed by atoms with Crippen LogP contribution in [0, 0.1) is 0 Å². The first-order valence-electron chi connectivity index (χ1n) is 13.0. The highest BCUT2D eigenvalue weighted by atomic mass is 127. The number of nitrogens with zero attached hydrogens (tertiary/aromatic N) is 2. The molecule has 1 aliphatic heterocycles. The van der Waals surface area contributed by atoms with Crippen molar-refractivity contribution in [2.75, 3.05) is 34.5 Å². The molecule has 6 heteroatoms. The Morgan fingerprint density at radius 2 is 1.64 bits per heavy atom. The lowest BCUT2D eigenvalue weighted by Crippen LogP contribution is -3.00. The van der Waals surface area contributed by atoms with Crippen LogP contribution >= 0.6 is 11.6 Å². The van der Waals surface area contributed by atoms with Crippen LogP contribution in [0.1, 0.15) is 29.0 Å². The second-order valence-corrected chi connectivity index (χ2v) is 11.3. The molecule has 1 aromatic heterocycles. The monoisotopic (exact) mass is 650 g/mol. The number of rotatable bonds is 5. The Hall–Kier alpha value is -2.71. The molecule has 0 amide bonds. The quantitative estimate of drug-likeness (QED) is 0.207. The Morgan fingerprint density at radius 1 is 0.897 bits per heavy atom. The van der Waals surface area contributed by atoms with E-state index < -0.39 is 5.60 Å².